The van der Waals surface area contributed by atoms with E-state index < -0.39 is 0 Å². The summed E-state index contributed by atoms with van der Waals surface area (Å²) in [6.07, 6.45) is 2.67. The Morgan fingerprint density at radius 3 is 2.91 bits per heavy atom. The van der Waals surface area contributed by atoms with Crippen LogP contribution in [0.4, 0.5) is 5.69 Å². The van der Waals surface area contributed by atoms with Crippen LogP contribution in [-0.2, 0) is 4.74 Å². The lowest BCUT2D eigenvalue weighted by molar-refractivity contribution is -0.182. The molecule has 1 saturated heterocycles. The summed E-state index contributed by atoms with van der Waals surface area (Å²) in [6.45, 7) is 7.41. The van der Waals surface area contributed by atoms with E-state index in [2.05, 4.69) is 38.2 Å². The maximum absolute atomic E-state index is 6.11. The van der Waals surface area contributed by atoms with Crippen molar-refractivity contribution in [2.75, 3.05) is 11.9 Å². The van der Waals surface area contributed by atoms with Crippen LogP contribution < -0.4 is 11.1 Å². The minimum absolute atomic E-state index is 0. The van der Waals surface area contributed by atoms with E-state index in [1.54, 1.807) is 0 Å². The molecule has 1 aromatic carbocycles. The second kappa shape index (κ2) is 6.74. The van der Waals surface area contributed by atoms with Gasteiger partial charge in [-0.2, -0.15) is 0 Å². The Balaban J connectivity index is 0.00000176. The molecule has 4 nitrogen and oxygen atoms in total. The second-order valence-electron chi connectivity index (χ2n) is 6.87. The number of nitrogens with two attached hydrogens (primary N) is 1. The predicted octanol–water partition coefficient (Wildman–Crippen LogP) is 3.54. The normalized spacial score (nSPS) is 29.8. The van der Waals surface area contributed by atoms with E-state index in [9.17, 15) is 0 Å². The number of ether oxygens (including phenoxy) is 1. The minimum atomic E-state index is 0. The molecule has 0 aromatic heterocycles. The zero-order valence-electron chi connectivity index (χ0n) is 13.5. The van der Waals surface area contributed by atoms with E-state index >= 15 is 0 Å². The second-order valence-corrected chi connectivity index (χ2v) is 6.87. The Kier molecular flexibility index (Phi) is 5.37. The molecule has 2 fully saturated rings. The SMILES string of the molecule is Cc1cccc(NC(N)=NC2C3CCCOC3C2(C)C)c1.I. The highest BCUT2D eigenvalue weighted by atomic mass is 127. The molecule has 1 saturated carbocycles. The van der Waals surface area contributed by atoms with Gasteiger partial charge in [0.15, 0.2) is 5.96 Å². The number of nitrogens with one attached hydrogen (secondary N) is 1. The van der Waals surface area contributed by atoms with Crippen LogP contribution in [0.3, 0.4) is 0 Å². The molecule has 0 bridgehead atoms. The van der Waals surface area contributed by atoms with Crippen LogP contribution in [0.15, 0.2) is 29.3 Å². The Labute approximate surface area is 149 Å². The number of rotatable bonds is 2. The Hall–Kier alpha value is -0.820. The molecule has 0 amide bonds. The van der Waals surface area contributed by atoms with Gasteiger partial charge in [0, 0.05) is 23.6 Å². The standard InChI is InChI=1S/C17H25N3O.HI/c1-11-6-4-7-12(10-11)19-16(18)20-14-13-8-5-9-21-15(13)17(14,2)3;/h4,6-7,10,13-15H,5,8-9H2,1-3H3,(H3,18,19,20);1H. The lowest BCUT2D eigenvalue weighted by Gasteiger charge is -2.58. The fraction of sp³-hybridized carbons (Fsp3) is 0.588. The third-order valence-electron chi connectivity index (χ3n) is 4.84. The van der Waals surface area contributed by atoms with Gasteiger partial charge >= 0.3 is 0 Å². The summed E-state index contributed by atoms with van der Waals surface area (Å²) in [6, 6.07) is 8.41. The predicted molar refractivity (Wildman–Crippen MR) is 102 cm³/mol. The molecule has 1 aliphatic heterocycles. The van der Waals surface area contributed by atoms with Gasteiger partial charge in [0.05, 0.1) is 12.1 Å². The van der Waals surface area contributed by atoms with Crippen molar-refractivity contribution < 1.29 is 4.74 Å². The smallest absolute Gasteiger partial charge is 0.193 e. The Bertz CT molecular complexity index is 559. The van der Waals surface area contributed by atoms with Crippen molar-refractivity contribution >= 4 is 35.6 Å². The van der Waals surface area contributed by atoms with Gasteiger partial charge in [0.25, 0.3) is 0 Å². The zero-order chi connectivity index (χ0) is 15.0. The first-order valence-electron chi connectivity index (χ1n) is 7.77. The molecule has 3 unspecified atom stereocenters. The number of fused-ring (bicyclic) bond motifs is 1. The molecule has 1 aromatic rings. The fourth-order valence-electron chi connectivity index (χ4n) is 3.81. The first-order chi connectivity index (χ1) is 9.98. The van der Waals surface area contributed by atoms with Crippen molar-refractivity contribution in [1.82, 2.24) is 0 Å². The lowest BCUT2D eigenvalue weighted by Crippen LogP contribution is -2.64. The van der Waals surface area contributed by atoms with Gasteiger partial charge in [-0.05, 0) is 37.5 Å². The van der Waals surface area contributed by atoms with Crippen LogP contribution >= 0.6 is 24.0 Å². The highest BCUT2D eigenvalue weighted by Gasteiger charge is 2.58. The molecule has 1 heterocycles. The van der Waals surface area contributed by atoms with Crippen molar-refractivity contribution in [1.29, 1.82) is 0 Å². The number of halogens is 1. The average molecular weight is 415 g/mol. The van der Waals surface area contributed by atoms with Crippen LogP contribution in [0.25, 0.3) is 0 Å². The average Bonchev–Trinajstić information content (AvgIpc) is 2.45. The third kappa shape index (κ3) is 3.25. The molecule has 0 radical (unpaired) electrons. The number of hydrogen-bond donors (Lipinski definition) is 2. The van der Waals surface area contributed by atoms with Crippen molar-refractivity contribution in [3.05, 3.63) is 29.8 Å². The summed E-state index contributed by atoms with van der Waals surface area (Å²) < 4.78 is 5.91. The highest BCUT2D eigenvalue weighted by molar-refractivity contribution is 14.0. The van der Waals surface area contributed by atoms with Crippen molar-refractivity contribution in [3.8, 4) is 0 Å². The van der Waals surface area contributed by atoms with Gasteiger partial charge in [-0.1, -0.05) is 26.0 Å². The number of aliphatic imine (C=N–C) groups is 1. The summed E-state index contributed by atoms with van der Waals surface area (Å²) >= 11 is 0. The van der Waals surface area contributed by atoms with Crippen molar-refractivity contribution in [2.45, 2.75) is 45.8 Å². The van der Waals surface area contributed by atoms with Crippen molar-refractivity contribution in [3.63, 3.8) is 0 Å². The number of hydrogen-bond acceptors (Lipinski definition) is 2. The van der Waals surface area contributed by atoms with E-state index in [4.69, 9.17) is 15.5 Å². The molecule has 3 atom stereocenters. The third-order valence-corrected chi connectivity index (χ3v) is 4.84. The van der Waals surface area contributed by atoms with E-state index in [1.807, 2.05) is 12.1 Å². The van der Waals surface area contributed by atoms with E-state index in [1.165, 1.54) is 12.0 Å². The Morgan fingerprint density at radius 2 is 2.18 bits per heavy atom. The molecule has 3 rings (SSSR count). The van der Waals surface area contributed by atoms with E-state index in [0.717, 1.165) is 18.7 Å². The molecular formula is C17H26IN3O. The summed E-state index contributed by atoms with van der Waals surface area (Å²) in [5.41, 5.74) is 8.38. The highest BCUT2D eigenvalue weighted by Crippen LogP contribution is 2.53. The van der Waals surface area contributed by atoms with E-state index in [-0.39, 0.29) is 35.4 Å². The molecule has 0 spiro atoms. The number of benzene rings is 1. The Morgan fingerprint density at radius 1 is 1.41 bits per heavy atom. The van der Waals surface area contributed by atoms with Crippen molar-refractivity contribution in [2.24, 2.45) is 22.1 Å². The van der Waals surface area contributed by atoms with E-state index in [0.29, 0.717) is 18.0 Å². The van der Waals surface area contributed by atoms with Gasteiger partial charge in [-0.15, -0.1) is 24.0 Å². The molecule has 122 valence electrons. The first kappa shape index (κ1) is 17.5. The number of nitrogens with zero attached hydrogens (tertiary/aromatic N) is 1. The summed E-state index contributed by atoms with van der Waals surface area (Å²) in [7, 11) is 0. The molecule has 22 heavy (non-hydrogen) atoms. The lowest BCUT2D eigenvalue weighted by atomic mass is 9.55. The van der Waals surface area contributed by atoms with Crippen LogP contribution in [0.2, 0.25) is 0 Å². The molecule has 2 aliphatic rings. The van der Waals surface area contributed by atoms with Crippen LogP contribution in [0, 0.1) is 18.3 Å². The monoisotopic (exact) mass is 415 g/mol. The summed E-state index contributed by atoms with van der Waals surface area (Å²) in [5, 5.41) is 3.20. The van der Waals surface area contributed by atoms with Crippen LogP contribution in [0.5, 0.6) is 0 Å². The number of aryl methyl sites for hydroxylation is 1. The molecular weight excluding hydrogens is 389 g/mol. The van der Waals surface area contributed by atoms with Gasteiger partial charge < -0.3 is 15.8 Å². The summed E-state index contributed by atoms with van der Waals surface area (Å²) in [4.78, 5) is 4.75. The maximum Gasteiger partial charge on any atom is 0.193 e. The van der Waals surface area contributed by atoms with Gasteiger partial charge in [-0.3, -0.25) is 0 Å². The minimum Gasteiger partial charge on any atom is -0.377 e. The quantitative estimate of drug-likeness (QED) is 0.441. The zero-order valence-corrected chi connectivity index (χ0v) is 15.8. The molecule has 3 N–H and O–H groups in total. The van der Waals surface area contributed by atoms with Gasteiger partial charge in [-0.25, -0.2) is 4.99 Å². The number of guanidine groups is 1. The first-order valence-corrected chi connectivity index (χ1v) is 7.77. The molecule has 5 heteroatoms. The largest absolute Gasteiger partial charge is 0.377 e. The summed E-state index contributed by atoms with van der Waals surface area (Å²) in [5.74, 6) is 1.02. The van der Waals surface area contributed by atoms with Gasteiger partial charge in [0.1, 0.15) is 0 Å². The number of anilines is 1. The van der Waals surface area contributed by atoms with Crippen LogP contribution in [-0.4, -0.2) is 24.7 Å². The topological polar surface area (TPSA) is 59.6 Å². The molecule has 1 aliphatic carbocycles. The van der Waals surface area contributed by atoms with Gasteiger partial charge in [0.2, 0.25) is 0 Å². The van der Waals surface area contributed by atoms with Crippen LogP contribution in [0.1, 0.15) is 32.3 Å². The fourth-order valence-corrected chi connectivity index (χ4v) is 3.81. The maximum atomic E-state index is 6.11.